The number of primary sulfonamides is 1. The molecule has 5 nitrogen and oxygen atoms in total. The SMILES string of the molecule is CC(=O)Nc1cccc(S(N)(=O)=O)c1. The molecule has 0 atom stereocenters. The zero-order chi connectivity index (χ0) is 10.8. The van der Waals surface area contributed by atoms with Gasteiger partial charge in [-0.05, 0) is 18.2 Å². The van der Waals surface area contributed by atoms with Crippen molar-refractivity contribution in [1.82, 2.24) is 0 Å². The van der Waals surface area contributed by atoms with Crippen LogP contribution in [0.4, 0.5) is 5.69 Å². The smallest absolute Gasteiger partial charge is 0.238 e. The summed E-state index contributed by atoms with van der Waals surface area (Å²) in [6, 6.07) is 5.75. The maximum Gasteiger partial charge on any atom is 0.238 e. The maximum atomic E-state index is 10.9. The first-order chi connectivity index (χ1) is 6.39. The van der Waals surface area contributed by atoms with Gasteiger partial charge in [0.2, 0.25) is 15.9 Å². The first-order valence-corrected chi connectivity index (χ1v) is 5.34. The molecule has 0 heterocycles. The summed E-state index contributed by atoms with van der Waals surface area (Å²) < 4.78 is 21.9. The molecule has 0 bridgehead atoms. The summed E-state index contributed by atoms with van der Waals surface area (Å²) >= 11 is 0. The van der Waals surface area contributed by atoms with Gasteiger partial charge in [0.1, 0.15) is 0 Å². The van der Waals surface area contributed by atoms with Gasteiger partial charge in [0, 0.05) is 12.6 Å². The van der Waals surface area contributed by atoms with Gasteiger partial charge in [-0.3, -0.25) is 4.79 Å². The number of amides is 1. The first-order valence-electron chi connectivity index (χ1n) is 3.80. The number of hydrogen-bond donors (Lipinski definition) is 2. The van der Waals surface area contributed by atoms with Crippen molar-refractivity contribution in [3.05, 3.63) is 24.3 Å². The molecule has 6 heteroatoms. The van der Waals surface area contributed by atoms with Crippen molar-refractivity contribution < 1.29 is 13.2 Å². The molecule has 1 amide bonds. The van der Waals surface area contributed by atoms with Crippen molar-refractivity contribution >= 4 is 21.6 Å². The summed E-state index contributed by atoms with van der Waals surface area (Å²) in [5.74, 6) is -0.267. The van der Waals surface area contributed by atoms with E-state index in [1.807, 2.05) is 0 Å². The standard InChI is InChI=1S/C8H10N2O3S/c1-6(11)10-7-3-2-4-8(5-7)14(9,12)13/h2-5H,1H3,(H,10,11)(H2,9,12,13). The Hall–Kier alpha value is -1.40. The third-order valence-electron chi connectivity index (χ3n) is 1.48. The number of nitrogens with two attached hydrogens (primary N) is 1. The van der Waals surface area contributed by atoms with E-state index in [1.54, 1.807) is 6.07 Å². The zero-order valence-corrected chi connectivity index (χ0v) is 8.34. The zero-order valence-electron chi connectivity index (χ0n) is 7.52. The molecule has 0 saturated heterocycles. The van der Waals surface area contributed by atoms with Gasteiger partial charge in [0.25, 0.3) is 0 Å². The van der Waals surface area contributed by atoms with Gasteiger partial charge >= 0.3 is 0 Å². The Morgan fingerprint density at radius 3 is 2.57 bits per heavy atom. The summed E-state index contributed by atoms with van der Waals surface area (Å²) in [6.45, 7) is 1.34. The van der Waals surface area contributed by atoms with E-state index in [9.17, 15) is 13.2 Å². The largest absolute Gasteiger partial charge is 0.326 e. The van der Waals surface area contributed by atoms with Crippen LogP contribution in [0.1, 0.15) is 6.92 Å². The quantitative estimate of drug-likeness (QED) is 0.741. The van der Waals surface area contributed by atoms with Crippen molar-refractivity contribution in [3.8, 4) is 0 Å². The van der Waals surface area contributed by atoms with Crippen molar-refractivity contribution in [2.45, 2.75) is 11.8 Å². The van der Waals surface area contributed by atoms with Crippen LogP contribution in [0.3, 0.4) is 0 Å². The van der Waals surface area contributed by atoms with Crippen LogP contribution in [-0.4, -0.2) is 14.3 Å². The lowest BCUT2D eigenvalue weighted by atomic mass is 10.3. The van der Waals surface area contributed by atoms with E-state index in [1.165, 1.54) is 25.1 Å². The van der Waals surface area contributed by atoms with E-state index >= 15 is 0 Å². The van der Waals surface area contributed by atoms with Crippen molar-refractivity contribution in [2.75, 3.05) is 5.32 Å². The summed E-state index contributed by atoms with van der Waals surface area (Å²) in [6.07, 6.45) is 0. The molecular formula is C8H10N2O3S. The van der Waals surface area contributed by atoms with Crippen molar-refractivity contribution in [1.29, 1.82) is 0 Å². The molecule has 0 fully saturated rings. The Bertz CT molecular complexity index is 453. The molecule has 1 aromatic carbocycles. The number of benzene rings is 1. The maximum absolute atomic E-state index is 10.9. The third-order valence-corrected chi connectivity index (χ3v) is 2.39. The number of hydrogen-bond acceptors (Lipinski definition) is 3. The van der Waals surface area contributed by atoms with Gasteiger partial charge in [-0.15, -0.1) is 0 Å². The van der Waals surface area contributed by atoms with Gasteiger partial charge in [-0.2, -0.15) is 0 Å². The highest BCUT2D eigenvalue weighted by Crippen LogP contribution is 2.13. The summed E-state index contributed by atoms with van der Waals surface area (Å²) in [7, 11) is -3.71. The molecular weight excluding hydrogens is 204 g/mol. The molecule has 0 radical (unpaired) electrons. The average molecular weight is 214 g/mol. The van der Waals surface area contributed by atoms with E-state index in [0.717, 1.165) is 0 Å². The minimum atomic E-state index is -3.71. The van der Waals surface area contributed by atoms with E-state index in [2.05, 4.69) is 5.32 Å². The fourth-order valence-electron chi connectivity index (χ4n) is 0.954. The Labute approximate surface area is 82.0 Å². The van der Waals surface area contributed by atoms with E-state index in [0.29, 0.717) is 5.69 Å². The van der Waals surface area contributed by atoms with Gasteiger partial charge < -0.3 is 5.32 Å². The molecule has 0 unspecified atom stereocenters. The highest BCUT2D eigenvalue weighted by Gasteiger charge is 2.07. The van der Waals surface area contributed by atoms with Gasteiger partial charge in [0.05, 0.1) is 4.90 Å². The van der Waals surface area contributed by atoms with E-state index in [4.69, 9.17) is 5.14 Å². The predicted molar refractivity (Wildman–Crippen MR) is 52.1 cm³/mol. The lowest BCUT2D eigenvalue weighted by molar-refractivity contribution is -0.114. The molecule has 76 valence electrons. The minimum absolute atomic E-state index is 0.0243. The number of carbonyl (C=O) groups excluding carboxylic acids is 1. The molecule has 0 spiro atoms. The van der Waals surface area contributed by atoms with Crippen molar-refractivity contribution in [3.63, 3.8) is 0 Å². The molecule has 14 heavy (non-hydrogen) atoms. The third kappa shape index (κ3) is 2.82. The van der Waals surface area contributed by atoms with Crippen LogP contribution in [0.25, 0.3) is 0 Å². The summed E-state index contributed by atoms with van der Waals surface area (Å²) in [4.78, 5) is 10.7. The second kappa shape index (κ2) is 3.77. The number of nitrogens with one attached hydrogen (secondary N) is 1. The number of rotatable bonds is 2. The Morgan fingerprint density at radius 2 is 2.07 bits per heavy atom. The normalized spacial score (nSPS) is 11.0. The molecule has 3 N–H and O–H groups in total. The molecule has 0 aliphatic heterocycles. The number of sulfonamides is 1. The van der Waals surface area contributed by atoms with Crippen LogP contribution in [0.15, 0.2) is 29.2 Å². The number of carbonyl (C=O) groups is 1. The molecule has 0 aliphatic rings. The van der Waals surface area contributed by atoms with Crippen LogP contribution < -0.4 is 10.5 Å². The predicted octanol–water partition coefficient (Wildman–Crippen LogP) is 0.292. The average Bonchev–Trinajstić information content (AvgIpc) is 2.01. The van der Waals surface area contributed by atoms with Crippen LogP contribution in [0.5, 0.6) is 0 Å². The lowest BCUT2D eigenvalue weighted by Crippen LogP contribution is -2.13. The Morgan fingerprint density at radius 1 is 1.43 bits per heavy atom. The summed E-state index contributed by atoms with van der Waals surface area (Å²) in [5.41, 5.74) is 0.407. The second-order valence-electron chi connectivity index (χ2n) is 2.75. The Kier molecular flexibility index (Phi) is 2.87. The highest BCUT2D eigenvalue weighted by molar-refractivity contribution is 7.89. The van der Waals surface area contributed by atoms with Crippen LogP contribution in [0, 0.1) is 0 Å². The monoisotopic (exact) mass is 214 g/mol. The molecule has 0 aliphatic carbocycles. The van der Waals surface area contributed by atoms with Gasteiger partial charge in [-0.25, -0.2) is 13.6 Å². The van der Waals surface area contributed by atoms with Crippen LogP contribution >= 0.6 is 0 Å². The summed E-state index contributed by atoms with van der Waals surface area (Å²) in [5, 5.41) is 7.37. The van der Waals surface area contributed by atoms with E-state index in [-0.39, 0.29) is 10.8 Å². The first kappa shape index (κ1) is 10.7. The second-order valence-corrected chi connectivity index (χ2v) is 4.32. The van der Waals surface area contributed by atoms with Crippen LogP contribution in [-0.2, 0) is 14.8 Å². The van der Waals surface area contributed by atoms with Gasteiger partial charge in [0.15, 0.2) is 0 Å². The van der Waals surface area contributed by atoms with Crippen LogP contribution in [0.2, 0.25) is 0 Å². The Balaban J connectivity index is 3.08. The van der Waals surface area contributed by atoms with Crippen molar-refractivity contribution in [2.24, 2.45) is 5.14 Å². The highest BCUT2D eigenvalue weighted by atomic mass is 32.2. The fourth-order valence-corrected chi connectivity index (χ4v) is 1.51. The molecule has 1 aromatic rings. The minimum Gasteiger partial charge on any atom is -0.326 e. The molecule has 0 aromatic heterocycles. The molecule has 0 saturated carbocycles. The van der Waals surface area contributed by atoms with E-state index < -0.39 is 10.0 Å². The number of anilines is 1. The topological polar surface area (TPSA) is 89.3 Å². The lowest BCUT2D eigenvalue weighted by Gasteiger charge is -2.03. The molecule has 1 rings (SSSR count). The van der Waals surface area contributed by atoms with Gasteiger partial charge in [-0.1, -0.05) is 6.07 Å². The fraction of sp³-hybridized carbons (Fsp3) is 0.125.